The van der Waals surface area contributed by atoms with Crippen LogP contribution in [0.2, 0.25) is 0 Å². The van der Waals surface area contributed by atoms with Crippen LogP contribution in [-0.4, -0.2) is 42.8 Å². The van der Waals surface area contributed by atoms with E-state index >= 15 is 0 Å². The fourth-order valence-corrected chi connectivity index (χ4v) is 1.04. The molecule has 0 aromatic rings. The quantitative estimate of drug-likeness (QED) is 0.493. The summed E-state index contributed by atoms with van der Waals surface area (Å²) >= 11 is 0. The Kier molecular flexibility index (Phi) is 7.49. The molecule has 0 aromatic carbocycles. The largest absolute Gasteiger partial charge is 0.480 e. The van der Waals surface area contributed by atoms with Gasteiger partial charge in [0.2, 0.25) is 5.91 Å². The van der Waals surface area contributed by atoms with Crippen molar-refractivity contribution in [1.29, 1.82) is 0 Å². The lowest BCUT2D eigenvalue weighted by Crippen LogP contribution is -2.45. The van der Waals surface area contributed by atoms with E-state index in [1.54, 1.807) is 0 Å². The molecule has 0 saturated carbocycles. The molecule has 6 nitrogen and oxygen atoms in total. The zero-order chi connectivity index (χ0) is 12.6. The second-order valence-corrected chi connectivity index (χ2v) is 3.65. The second kappa shape index (κ2) is 8.06. The molecule has 0 radical (unpaired) electrons. The Bertz CT molecular complexity index is 233. The number of amides is 1. The smallest absolute Gasteiger partial charge is 0.329 e. The summed E-state index contributed by atoms with van der Waals surface area (Å²) in [4.78, 5) is 21.5. The summed E-state index contributed by atoms with van der Waals surface area (Å²) < 4.78 is 4.76. The van der Waals surface area contributed by atoms with E-state index in [1.807, 2.05) is 13.8 Å². The predicted molar refractivity (Wildman–Crippen MR) is 58.9 cm³/mol. The topological polar surface area (TPSA) is 102 Å². The van der Waals surface area contributed by atoms with Crippen molar-refractivity contribution < 1.29 is 19.4 Å². The first-order chi connectivity index (χ1) is 7.49. The number of nitrogens with two attached hydrogens (primary N) is 1. The molecule has 0 rings (SSSR count). The van der Waals surface area contributed by atoms with E-state index in [0.29, 0.717) is 0 Å². The number of hydrogen-bond donors (Lipinski definition) is 3. The lowest BCUT2D eigenvalue weighted by molar-refractivity contribution is -0.142. The van der Waals surface area contributed by atoms with Crippen LogP contribution in [0.1, 0.15) is 20.3 Å². The second-order valence-electron chi connectivity index (χ2n) is 3.65. The maximum atomic E-state index is 11.4. The van der Waals surface area contributed by atoms with Gasteiger partial charge in [-0.1, -0.05) is 20.3 Å². The third-order valence-corrected chi connectivity index (χ3v) is 2.33. The molecule has 0 spiro atoms. The van der Waals surface area contributed by atoms with Gasteiger partial charge in [-0.25, -0.2) is 4.79 Å². The molecule has 0 saturated heterocycles. The van der Waals surface area contributed by atoms with Crippen LogP contribution in [0.4, 0.5) is 0 Å². The Morgan fingerprint density at radius 2 is 2.12 bits per heavy atom. The predicted octanol–water partition coefficient (Wildman–Crippen LogP) is -0.423. The minimum atomic E-state index is -1.03. The average molecular weight is 232 g/mol. The van der Waals surface area contributed by atoms with Crippen LogP contribution in [0.3, 0.4) is 0 Å². The summed E-state index contributed by atoms with van der Waals surface area (Å²) in [7, 11) is 0. The molecule has 0 aliphatic carbocycles. The van der Waals surface area contributed by atoms with Crippen LogP contribution in [0.25, 0.3) is 0 Å². The van der Waals surface area contributed by atoms with E-state index in [9.17, 15) is 9.59 Å². The highest BCUT2D eigenvalue weighted by molar-refractivity contribution is 5.81. The first kappa shape index (κ1) is 14.9. The number of nitrogens with one attached hydrogen (secondary N) is 1. The number of carbonyl (C=O) groups excluding carboxylic acids is 1. The van der Waals surface area contributed by atoms with Crippen molar-refractivity contribution in [3.63, 3.8) is 0 Å². The molecule has 1 amide bonds. The van der Waals surface area contributed by atoms with Gasteiger partial charge in [0.25, 0.3) is 0 Å². The first-order valence-electron chi connectivity index (χ1n) is 5.31. The van der Waals surface area contributed by atoms with Crippen LogP contribution < -0.4 is 11.1 Å². The molecule has 0 aliphatic rings. The van der Waals surface area contributed by atoms with Crippen molar-refractivity contribution in [2.24, 2.45) is 11.7 Å². The fraction of sp³-hybridized carbons (Fsp3) is 0.800. The lowest BCUT2D eigenvalue weighted by atomic mass is 9.99. The average Bonchev–Trinajstić information content (AvgIpc) is 2.25. The Hall–Kier alpha value is -1.14. The van der Waals surface area contributed by atoms with Crippen LogP contribution in [-0.2, 0) is 14.3 Å². The molecule has 16 heavy (non-hydrogen) atoms. The van der Waals surface area contributed by atoms with Crippen molar-refractivity contribution in [2.45, 2.75) is 26.3 Å². The number of carboxylic acid groups (broad SMARTS) is 1. The van der Waals surface area contributed by atoms with Gasteiger partial charge in [0.1, 0.15) is 6.61 Å². The summed E-state index contributed by atoms with van der Waals surface area (Å²) in [5.74, 6) is -1.13. The van der Waals surface area contributed by atoms with Crippen LogP contribution in [0.15, 0.2) is 0 Å². The minimum Gasteiger partial charge on any atom is -0.480 e. The number of rotatable bonds is 8. The fourth-order valence-electron chi connectivity index (χ4n) is 1.04. The third kappa shape index (κ3) is 6.36. The van der Waals surface area contributed by atoms with E-state index in [1.165, 1.54) is 0 Å². The Morgan fingerprint density at radius 3 is 2.62 bits per heavy atom. The standard InChI is InChI=1S/C10H20N2O4/c1-3-7(2)9(11)10(15)12-4-5-16-6-8(13)14/h7,9H,3-6,11H2,1-2H3,(H,12,15)(H,13,14)/t7-,9-/m0/s1. The van der Waals surface area contributed by atoms with Crippen molar-refractivity contribution in [2.75, 3.05) is 19.8 Å². The van der Waals surface area contributed by atoms with Gasteiger partial charge in [0.15, 0.2) is 0 Å². The van der Waals surface area contributed by atoms with Gasteiger partial charge in [-0.2, -0.15) is 0 Å². The molecule has 0 aromatic heterocycles. The molecular formula is C10H20N2O4. The number of hydrogen-bond acceptors (Lipinski definition) is 4. The van der Waals surface area contributed by atoms with Gasteiger partial charge >= 0.3 is 5.97 Å². The van der Waals surface area contributed by atoms with Gasteiger partial charge in [0.05, 0.1) is 12.6 Å². The molecule has 4 N–H and O–H groups in total. The van der Waals surface area contributed by atoms with Gasteiger partial charge in [-0.3, -0.25) is 4.79 Å². The van der Waals surface area contributed by atoms with Crippen LogP contribution in [0.5, 0.6) is 0 Å². The third-order valence-electron chi connectivity index (χ3n) is 2.33. The molecule has 0 bridgehead atoms. The van der Waals surface area contributed by atoms with Gasteiger partial charge < -0.3 is 20.9 Å². The van der Waals surface area contributed by atoms with E-state index in [-0.39, 0.29) is 31.6 Å². The number of carbonyl (C=O) groups is 2. The summed E-state index contributed by atoms with van der Waals surface area (Å²) in [6, 6.07) is -0.524. The molecule has 94 valence electrons. The Balaban J connectivity index is 3.61. The van der Waals surface area contributed by atoms with Gasteiger partial charge in [-0.05, 0) is 5.92 Å². The molecule has 0 unspecified atom stereocenters. The van der Waals surface area contributed by atoms with E-state index in [0.717, 1.165) is 6.42 Å². The van der Waals surface area contributed by atoms with Crippen LogP contribution in [0, 0.1) is 5.92 Å². The highest BCUT2D eigenvalue weighted by atomic mass is 16.5. The summed E-state index contributed by atoms with van der Waals surface area (Å²) in [5.41, 5.74) is 5.69. The minimum absolute atomic E-state index is 0.125. The van der Waals surface area contributed by atoms with Crippen molar-refractivity contribution in [3.8, 4) is 0 Å². The van der Waals surface area contributed by atoms with Gasteiger partial charge in [-0.15, -0.1) is 0 Å². The van der Waals surface area contributed by atoms with Crippen molar-refractivity contribution in [3.05, 3.63) is 0 Å². The summed E-state index contributed by atoms with van der Waals surface area (Å²) in [6.07, 6.45) is 0.837. The highest BCUT2D eigenvalue weighted by Crippen LogP contribution is 2.04. The van der Waals surface area contributed by atoms with Gasteiger partial charge in [0, 0.05) is 6.54 Å². The summed E-state index contributed by atoms with van der Waals surface area (Å²) in [5, 5.41) is 10.9. The molecule has 2 atom stereocenters. The lowest BCUT2D eigenvalue weighted by Gasteiger charge is -2.17. The maximum absolute atomic E-state index is 11.4. The zero-order valence-electron chi connectivity index (χ0n) is 9.73. The normalized spacial score (nSPS) is 14.2. The van der Waals surface area contributed by atoms with E-state index in [2.05, 4.69) is 5.32 Å². The van der Waals surface area contributed by atoms with E-state index < -0.39 is 12.0 Å². The SMILES string of the molecule is CC[C@H](C)[C@H](N)C(=O)NCCOCC(=O)O. The van der Waals surface area contributed by atoms with Crippen molar-refractivity contribution >= 4 is 11.9 Å². The van der Waals surface area contributed by atoms with E-state index in [4.69, 9.17) is 15.6 Å². The molecule has 6 heteroatoms. The zero-order valence-corrected chi connectivity index (χ0v) is 9.73. The molecule has 0 fully saturated rings. The molecular weight excluding hydrogens is 212 g/mol. The number of aliphatic carboxylic acids is 1. The Morgan fingerprint density at radius 1 is 1.50 bits per heavy atom. The maximum Gasteiger partial charge on any atom is 0.329 e. The summed E-state index contributed by atoms with van der Waals surface area (Å²) in [6.45, 7) is 3.97. The number of ether oxygens (including phenoxy) is 1. The highest BCUT2D eigenvalue weighted by Gasteiger charge is 2.18. The first-order valence-corrected chi connectivity index (χ1v) is 5.31. The Labute approximate surface area is 95.1 Å². The monoisotopic (exact) mass is 232 g/mol. The number of carboxylic acids is 1. The molecule has 0 aliphatic heterocycles. The van der Waals surface area contributed by atoms with Crippen molar-refractivity contribution in [1.82, 2.24) is 5.32 Å². The van der Waals surface area contributed by atoms with Crippen LogP contribution >= 0.6 is 0 Å². The molecule has 0 heterocycles.